The van der Waals surface area contributed by atoms with Gasteiger partial charge in [0.2, 0.25) is 0 Å². The molecule has 2 aliphatic rings. The van der Waals surface area contributed by atoms with Gasteiger partial charge >= 0.3 is 0 Å². The van der Waals surface area contributed by atoms with Crippen LogP contribution in [0, 0.1) is 0 Å². The summed E-state index contributed by atoms with van der Waals surface area (Å²) in [5.74, 6) is 1.85. The molecule has 0 amide bonds. The van der Waals surface area contributed by atoms with Gasteiger partial charge in [-0.3, -0.25) is 0 Å². The second-order valence-electron chi connectivity index (χ2n) is 18.0. The van der Waals surface area contributed by atoms with Crippen molar-refractivity contribution in [2.45, 2.75) is 38.5 Å². The Morgan fingerprint density at radius 1 is 0.387 bits per heavy atom. The summed E-state index contributed by atoms with van der Waals surface area (Å²) in [7, 11) is 0. The topological polar surface area (TPSA) is 56.7 Å². The number of rotatable bonds is 4. The van der Waals surface area contributed by atoms with E-state index in [1.165, 1.54) is 66.3 Å². The molecule has 3 aromatic heterocycles. The molecule has 0 aliphatic heterocycles. The van der Waals surface area contributed by atoms with E-state index >= 15 is 0 Å². The molecule has 0 N–H and O–H groups in total. The molecule has 62 heavy (non-hydrogen) atoms. The van der Waals surface area contributed by atoms with Crippen molar-refractivity contribution in [3.05, 3.63) is 192 Å². The molecule has 5 heteroatoms. The van der Waals surface area contributed by atoms with Crippen LogP contribution < -0.4 is 0 Å². The highest BCUT2D eigenvalue weighted by Gasteiger charge is 2.38. The molecule has 0 spiro atoms. The number of furan rings is 1. The van der Waals surface area contributed by atoms with Crippen molar-refractivity contribution in [2.75, 3.05) is 0 Å². The van der Waals surface area contributed by atoms with E-state index < -0.39 is 0 Å². The molecule has 11 aromatic rings. The minimum atomic E-state index is -0.147. The fourth-order valence-electron chi connectivity index (χ4n) is 10.8. The van der Waals surface area contributed by atoms with Crippen LogP contribution >= 0.6 is 0 Å². The number of aromatic nitrogens is 4. The van der Waals surface area contributed by atoms with Crippen LogP contribution in [-0.2, 0) is 10.8 Å². The van der Waals surface area contributed by atoms with Crippen LogP contribution in [0.1, 0.15) is 49.9 Å². The molecule has 0 unspecified atom stereocenters. The Morgan fingerprint density at radius 2 is 0.887 bits per heavy atom. The summed E-state index contributed by atoms with van der Waals surface area (Å²) < 4.78 is 9.15. The van der Waals surface area contributed by atoms with E-state index in [4.69, 9.17) is 19.4 Å². The first-order valence-electron chi connectivity index (χ1n) is 21.4. The molecular formula is C57H40N4O. The number of fused-ring (bicyclic) bond motifs is 12. The molecule has 5 nitrogen and oxygen atoms in total. The number of hydrogen-bond donors (Lipinski definition) is 0. The molecule has 294 valence electrons. The lowest BCUT2D eigenvalue weighted by molar-refractivity contribution is 0.660. The lowest BCUT2D eigenvalue weighted by Crippen LogP contribution is -2.15. The second-order valence-corrected chi connectivity index (χ2v) is 18.0. The van der Waals surface area contributed by atoms with Crippen molar-refractivity contribution in [3.8, 4) is 62.1 Å². The predicted octanol–water partition coefficient (Wildman–Crippen LogP) is 14.5. The zero-order valence-corrected chi connectivity index (χ0v) is 34.9. The number of nitrogens with zero attached hydrogens (tertiary/aromatic N) is 4. The smallest absolute Gasteiger partial charge is 0.164 e. The van der Waals surface area contributed by atoms with Gasteiger partial charge in [0.25, 0.3) is 0 Å². The average Bonchev–Trinajstić information content (AvgIpc) is 3.98. The number of hydrogen-bond acceptors (Lipinski definition) is 4. The first-order chi connectivity index (χ1) is 30.2. The number of benzene rings is 8. The van der Waals surface area contributed by atoms with Gasteiger partial charge in [-0.05, 0) is 93.0 Å². The van der Waals surface area contributed by atoms with Crippen molar-refractivity contribution in [2.24, 2.45) is 0 Å². The third-order valence-electron chi connectivity index (χ3n) is 13.8. The van der Waals surface area contributed by atoms with Crippen LogP contribution in [0.25, 0.3) is 106 Å². The molecule has 8 aromatic carbocycles. The summed E-state index contributed by atoms with van der Waals surface area (Å²) in [5, 5.41) is 4.49. The Balaban J connectivity index is 1.09. The van der Waals surface area contributed by atoms with Gasteiger partial charge in [0, 0.05) is 54.8 Å². The standard InChI is InChI=1S/C57H40N4O/c1-56(2)44-23-13-11-20-36(44)39-29-41-42-30-40-37-21-12-14-24-45(37)57(3,4)47(40)32-49(42)61(48(41)31-46(39)56)35-26-27-50-43(28-35)52-38(22-15-25-51(52)62-50)55-59-53(33-16-7-5-8-17-33)58-54(60-55)34-18-9-6-10-19-34/h5-32H,1-4H3. The molecule has 0 fully saturated rings. The van der Waals surface area contributed by atoms with Gasteiger partial charge in [-0.1, -0.05) is 149 Å². The maximum absolute atomic E-state index is 6.66. The lowest BCUT2D eigenvalue weighted by atomic mass is 9.82. The fourth-order valence-corrected chi connectivity index (χ4v) is 10.8. The zero-order valence-electron chi connectivity index (χ0n) is 34.9. The van der Waals surface area contributed by atoms with E-state index in [-0.39, 0.29) is 10.8 Å². The molecule has 3 heterocycles. The third-order valence-corrected chi connectivity index (χ3v) is 13.8. The highest BCUT2D eigenvalue weighted by molar-refractivity contribution is 6.15. The first-order valence-corrected chi connectivity index (χ1v) is 21.4. The van der Waals surface area contributed by atoms with Crippen molar-refractivity contribution in [1.29, 1.82) is 0 Å². The monoisotopic (exact) mass is 796 g/mol. The van der Waals surface area contributed by atoms with Gasteiger partial charge in [-0.2, -0.15) is 0 Å². The van der Waals surface area contributed by atoms with Crippen molar-refractivity contribution in [3.63, 3.8) is 0 Å². The van der Waals surface area contributed by atoms with Gasteiger partial charge in [-0.25, -0.2) is 15.0 Å². The van der Waals surface area contributed by atoms with E-state index in [1.807, 2.05) is 72.8 Å². The van der Waals surface area contributed by atoms with Crippen molar-refractivity contribution < 1.29 is 4.42 Å². The van der Waals surface area contributed by atoms with Crippen LogP contribution in [0.5, 0.6) is 0 Å². The Morgan fingerprint density at radius 3 is 1.45 bits per heavy atom. The fraction of sp³-hybridized carbons (Fsp3) is 0.105. The maximum atomic E-state index is 6.66. The van der Waals surface area contributed by atoms with Gasteiger partial charge in [0.05, 0.1) is 11.0 Å². The van der Waals surface area contributed by atoms with Gasteiger partial charge < -0.3 is 8.98 Å². The van der Waals surface area contributed by atoms with Crippen LogP contribution in [0.2, 0.25) is 0 Å². The highest BCUT2D eigenvalue weighted by Crippen LogP contribution is 2.54. The minimum absolute atomic E-state index is 0.147. The third kappa shape index (κ3) is 4.82. The lowest BCUT2D eigenvalue weighted by Gasteiger charge is -2.22. The normalized spacial score (nSPS) is 14.4. The van der Waals surface area contributed by atoms with Crippen LogP contribution in [0.4, 0.5) is 0 Å². The maximum Gasteiger partial charge on any atom is 0.164 e. The largest absolute Gasteiger partial charge is 0.456 e. The molecule has 13 rings (SSSR count). The van der Waals surface area contributed by atoms with Gasteiger partial charge in [0.1, 0.15) is 11.2 Å². The van der Waals surface area contributed by atoms with E-state index in [1.54, 1.807) is 0 Å². The van der Waals surface area contributed by atoms with E-state index in [9.17, 15) is 0 Å². The molecule has 0 saturated carbocycles. The zero-order chi connectivity index (χ0) is 41.5. The summed E-state index contributed by atoms with van der Waals surface area (Å²) in [5.41, 5.74) is 18.3. The summed E-state index contributed by atoms with van der Waals surface area (Å²) >= 11 is 0. The van der Waals surface area contributed by atoms with E-state index in [0.717, 1.165) is 44.3 Å². The van der Waals surface area contributed by atoms with Crippen LogP contribution in [-0.4, -0.2) is 19.5 Å². The van der Waals surface area contributed by atoms with Crippen LogP contribution in [0.15, 0.2) is 174 Å². The SMILES string of the molecule is CC1(C)c2ccccc2-c2cc3c4cc5c(cc4n(-c4ccc6oc7cccc(-c8nc(-c9ccccc9)nc(-c9ccccc9)n8)c7c6c4)c3cc21)C(C)(C)c1ccccc1-5. The van der Waals surface area contributed by atoms with E-state index in [2.05, 4.69) is 129 Å². The Labute approximate surface area is 359 Å². The molecular weight excluding hydrogens is 757 g/mol. The molecule has 0 bridgehead atoms. The minimum Gasteiger partial charge on any atom is -0.456 e. The Kier molecular flexibility index (Phi) is 7.07. The van der Waals surface area contributed by atoms with Crippen molar-refractivity contribution in [1.82, 2.24) is 19.5 Å². The van der Waals surface area contributed by atoms with Crippen LogP contribution in [0.3, 0.4) is 0 Å². The Bertz CT molecular complexity index is 3510. The highest BCUT2D eigenvalue weighted by atomic mass is 16.3. The summed E-state index contributed by atoms with van der Waals surface area (Å²) in [6.07, 6.45) is 0. The van der Waals surface area contributed by atoms with Gasteiger partial charge in [0.15, 0.2) is 17.5 Å². The Hall–Kier alpha value is -7.63. The molecule has 0 radical (unpaired) electrons. The first kappa shape index (κ1) is 35.2. The molecule has 0 saturated heterocycles. The summed E-state index contributed by atoms with van der Waals surface area (Å²) in [6, 6.07) is 60.8. The summed E-state index contributed by atoms with van der Waals surface area (Å²) in [4.78, 5) is 15.3. The second kappa shape index (κ2) is 12.5. The molecule has 0 atom stereocenters. The quantitative estimate of drug-likeness (QED) is 0.178. The van der Waals surface area contributed by atoms with Crippen molar-refractivity contribution >= 4 is 43.7 Å². The van der Waals surface area contributed by atoms with E-state index in [0.29, 0.717) is 17.5 Å². The summed E-state index contributed by atoms with van der Waals surface area (Å²) in [6.45, 7) is 9.46. The predicted molar refractivity (Wildman–Crippen MR) is 253 cm³/mol. The molecule has 2 aliphatic carbocycles. The average molecular weight is 797 g/mol. The van der Waals surface area contributed by atoms with Gasteiger partial charge in [-0.15, -0.1) is 0 Å².